The monoisotopic (exact) mass is 305 g/mol. The standard InChI is InChI=1S/C13H9BrFN3/c1-8-13-17-11(9-2-4-10(15)5-3-9)12(14)18(13)7-6-16-8/h2-7H,1H3. The molecule has 90 valence electrons. The maximum absolute atomic E-state index is 12.9. The second kappa shape index (κ2) is 4.17. The van der Waals surface area contributed by atoms with Gasteiger partial charge in [-0.2, -0.15) is 0 Å². The van der Waals surface area contributed by atoms with Crippen molar-refractivity contribution in [2.75, 3.05) is 0 Å². The summed E-state index contributed by atoms with van der Waals surface area (Å²) in [6.07, 6.45) is 3.57. The molecule has 3 aromatic rings. The number of rotatable bonds is 1. The van der Waals surface area contributed by atoms with E-state index in [0.29, 0.717) is 0 Å². The second-order valence-corrected chi connectivity index (χ2v) is 4.72. The number of aromatic nitrogens is 3. The number of benzene rings is 1. The van der Waals surface area contributed by atoms with Crippen LogP contribution in [0.4, 0.5) is 4.39 Å². The maximum Gasteiger partial charge on any atom is 0.159 e. The molecule has 1 aromatic carbocycles. The molecule has 0 saturated carbocycles. The Morgan fingerprint density at radius 2 is 1.94 bits per heavy atom. The summed E-state index contributed by atoms with van der Waals surface area (Å²) < 4.78 is 15.7. The molecule has 0 amide bonds. The van der Waals surface area contributed by atoms with Crippen molar-refractivity contribution in [1.29, 1.82) is 0 Å². The predicted molar refractivity (Wildman–Crippen MR) is 70.8 cm³/mol. The molecule has 0 bridgehead atoms. The molecule has 0 unspecified atom stereocenters. The van der Waals surface area contributed by atoms with E-state index in [1.54, 1.807) is 18.3 Å². The van der Waals surface area contributed by atoms with Gasteiger partial charge in [-0.1, -0.05) is 0 Å². The van der Waals surface area contributed by atoms with E-state index < -0.39 is 0 Å². The van der Waals surface area contributed by atoms with Gasteiger partial charge >= 0.3 is 0 Å². The van der Waals surface area contributed by atoms with Gasteiger partial charge in [0.1, 0.15) is 16.1 Å². The zero-order valence-corrected chi connectivity index (χ0v) is 11.1. The first-order valence-electron chi connectivity index (χ1n) is 5.42. The molecule has 0 saturated heterocycles. The van der Waals surface area contributed by atoms with Gasteiger partial charge in [0.15, 0.2) is 5.65 Å². The van der Waals surface area contributed by atoms with E-state index in [2.05, 4.69) is 25.9 Å². The summed E-state index contributed by atoms with van der Waals surface area (Å²) in [5.41, 5.74) is 3.30. The van der Waals surface area contributed by atoms with Crippen molar-refractivity contribution in [3.05, 3.63) is 52.8 Å². The van der Waals surface area contributed by atoms with E-state index in [0.717, 1.165) is 27.2 Å². The lowest BCUT2D eigenvalue weighted by Gasteiger charge is -1.98. The highest BCUT2D eigenvalue weighted by Crippen LogP contribution is 2.29. The topological polar surface area (TPSA) is 30.2 Å². The average molecular weight is 306 g/mol. The first kappa shape index (κ1) is 11.3. The first-order chi connectivity index (χ1) is 8.66. The summed E-state index contributed by atoms with van der Waals surface area (Å²) in [6, 6.07) is 6.28. The fraction of sp³-hybridized carbons (Fsp3) is 0.0769. The smallest absolute Gasteiger partial charge is 0.159 e. The zero-order valence-electron chi connectivity index (χ0n) is 9.56. The van der Waals surface area contributed by atoms with E-state index in [4.69, 9.17) is 0 Å². The highest BCUT2D eigenvalue weighted by atomic mass is 79.9. The number of hydrogen-bond donors (Lipinski definition) is 0. The Kier molecular flexibility index (Phi) is 2.63. The van der Waals surface area contributed by atoms with Crippen molar-refractivity contribution in [2.24, 2.45) is 0 Å². The summed E-state index contributed by atoms with van der Waals surface area (Å²) in [4.78, 5) is 8.75. The van der Waals surface area contributed by atoms with Crippen molar-refractivity contribution in [1.82, 2.24) is 14.4 Å². The van der Waals surface area contributed by atoms with Crippen molar-refractivity contribution < 1.29 is 4.39 Å². The van der Waals surface area contributed by atoms with Crippen LogP contribution < -0.4 is 0 Å². The SMILES string of the molecule is Cc1nccn2c(Br)c(-c3ccc(F)cc3)nc12. The summed E-state index contributed by atoms with van der Waals surface area (Å²) >= 11 is 3.52. The lowest BCUT2D eigenvalue weighted by molar-refractivity contribution is 0.628. The van der Waals surface area contributed by atoms with Crippen LogP contribution in [0.5, 0.6) is 0 Å². The summed E-state index contributed by atoms with van der Waals surface area (Å²) in [5, 5.41) is 0. The number of aryl methyl sites for hydroxylation is 1. The van der Waals surface area contributed by atoms with Gasteiger partial charge in [0.2, 0.25) is 0 Å². The van der Waals surface area contributed by atoms with Crippen molar-refractivity contribution in [2.45, 2.75) is 6.92 Å². The molecule has 0 N–H and O–H groups in total. The molecule has 0 atom stereocenters. The number of halogens is 2. The van der Waals surface area contributed by atoms with Crippen LogP contribution in [0.25, 0.3) is 16.9 Å². The minimum atomic E-state index is -0.253. The quantitative estimate of drug-likeness (QED) is 0.687. The molecule has 0 aliphatic carbocycles. The van der Waals surface area contributed by atoms with E-state index >= 15 is 0 Å². The number of imidazole rings is 1. The van der Waals surface area contributed by atoms with E-state index in [9.17, 15) is 4.39 Å². The van der Waals surface area contributed by atoms with Crippen LogP contribution in [0.1, 0.15) is 5.69 Å². The largest absolute Gasteiger partial charge is 0.291 e. The summed E-state index contributed by atoms with van der Waals surface area (Å²) in [5.74, 6) is -0.253. The Morgan fingerprint density at radius 3 is 2.61 bits per heavy atom. The van der Waals surface area contributed by atoms with Gasteiger partial charge < -0.3 is 0 Å². The first-order valence-corrected chi connectivity index (χ1v) is 6.21. The maximum atomic E-state index is 12.9. The molecule has 0 spiro atoms. The molecule has 3 rings (SSSR count). The number of fused-ring (bicyclic) bond motifs is 1. The highest BCUT2D eigenvalue weighted by Gasteiger charge is 2.13. The predicted octanol–water partition coefficient (Wildman–Crippen LogP) is 3.61. The molecule has 0 fully saturated rings. The second-order valence-electron chi connectivity index (χ2n) is 3.96. The summed E-state index contributed by atoms with van der Waals surface area (Å²) in [6.45, 7) is 1.91. The van der Waals surface area contributed by atoms with Crippen LogP contribution in [0.3, 0.4) is 0 Å². The van der Waals surface area contributed by atoms with E-state index in [-0.39, 0.29) is 5.82 Å². The molecular formula is C13H9BrFN3. The fourth-order valence-corrected chi connectivity index (χ4v) is 2.47. The van der Waals surface area contributed by atoms with Crippen molar-refractivity contribution in [3.8, 4) is 11.3 Å². The Morgan fingerprint density at radius 1 is 1.22 bits per heavy atom. The molecule has 2 heterocycles. The van der Waals surface area contributed by atoms with Crippen molar-refractivity contribution >= 4 is 21.6 Å². The number of nitrogens with zero attached hydrogens (tertiary/aromatic N) is 3. The van der Waals surface area contributed by atoms with Crippen LogP contribution in [-0.4, -0.2) is 14.4 Å². The molecule has 2 aromatic heterocycles. The van der Waals surface area contributed by atoms with Crippen LogP contribution in [0.2, 0.25) is 0 Å². The van der Waals surface area contributed by atoms with Gasteiger partial charge in [0, 0.05) is 18.0 Å². The molecule has 5 heteroatoms. The molecule has 0 radical (unpaired) electrons. The van der Waals surface area contributed by atoms with E-state index in [1.165, 1.54) is 12.1 Å². The Bertz CT molecular complexity index is 719. The Balaban J connectivity index is 2.27. The van der Waals surface area contributed by atoms with Gasteiger partial charge in [0.25, 0.3) is 0 Å². The summed E-state index contributed by atoms with van der Waals surface area (Å²) in [7, 11) is 0. The lowest BCUT2D eigenvalue weighted by atomic mass is 10.2. The molecular weight excluding hydrogens is 297 g/mol. The van der Waals surface area contributed by atoms with Crippen LogP contribution >= 0.6 is 15.9 Å². The molecule has 18 heavy (non-hydrogen) atoms. The highest BCUT2D eigenvalue weighted by molar-refractivity contribution is 9.10. The average Bonchev–Trinajstić information content (AvgIpc) is 2.70. The zero-order chi connectivity index (χ0) is 12.7. The van der Waals surface area contributed by atoms with Gasteiger partial charge in [-0.15, -0.1) is 0 Å². The van der Waals surface area contributed by atoms with Gasteiger partial charge in [0.05, 0.1) is 5.69 Å². The van der Waals surface area contributed by atoms with Crippen LogP contribution in [0.15, 0.2) is 41.3 Å². The molecule has 0 aliphatic rings. The fourth-order valence-electron chi connectivity index (χ4n) is 1.87. The van der Waals surface area contributed by atoms with E-state index in [1.807, 2.05) is 17.5 Å². The minimum absolute atomic E-state index is 0.253. The molecule has 0 aliphatic heterocycles. The minimum Gasteiger partial charge on any atom is -0.291 e. The lowest BCUT2D eigenvalue weighted by Crippen LogP contribution is -1.89. The Hall–Kier alpha value is -1.75. The van der Waals surface area contributed by atoms with Crippen LogP contribution in [-0.2, 0) is 0 Å². The third-order valence-corrected chi connectivity index (χ3v) is 3.54. The van der Waals surface area contributed by atoms with Crippen LogP contribution in [0, 0.1) is 12.7 Å². The van der Waals surface area contributed by atoms with Gasteiger partial charge in [-0.25, -0.2) is 9.37 Å². The normalized spacial score (nSPS) is 11.1. The third-order valence-electron chi connectivity index (χ3n) is 2.78. The number of hydrogen-bond acceptors (Lipinski definition) is 2. The van der Waals surface area contributed by atoms with Crippen molar-refractivity contribution in [3.63, 3.8) is 0 Å². The van der Waals surface area contributed by atoms with Gasteiger partial charge in [-0.3, -0.25) is 9.38 Å². The third kappa shape index (κ3) is 1.71. The van der Waals surface area contributed by atoms with Gasteiger partial charge in [-0.05, 0) is 47.1 Å². The molecule has 3 nitrogen and oxygen atoms in total. The Labute approximate surface area is 111 Å².